The Labute approximate surface area is 189 Å². The number of piperidine rings is 1. The molecule has 2 aromatic rings. The van der Waals surface area contributed by atoms with Crippen molar-refractivity contribution < 1.29 is 9.90 Å². The number of likely N-dealkylation sites (tertiary alicyclic amines) is 1. The SMILES string of the molecule is CC.CC.Cc1ccc2c(c1)CCc1cc(Br)cnc1C2N1CCC(C(=O)O)CC1. The van der Waals surface area contributed by atoms with Crippen molar-refractivity contribution in [3.63, 3.8) is 0 Å². The Bertz CT molecular complexity index is 792. The first-order valence-corrected chi connectivity index (χ1v) is 12.0. The van der Waals surface area contributed by atoms with Crippen LogP contribution in [0.1, 0.15) is 74.5 Å². The Morgan fingerprint density at radius 3 is 2.33 bits per heavy atom. The highest BCUT2D eigenvalue weighted by atomic mass is 79.9. The quantitative estimate of drug-likeness (QED) is 0.563. The first-order chi connectivity index (χ1) is 14.5. The third kappa shape index (κ3) is 5.50. The summed E-state index contributed by atoms with van der Waals surface area (Å²) in [4.78, 5) is 18.6. The Kier molecular flexibility index (Phi) is 9.50. The molecule has 1 saturated heterocycles. The van der Waals surface area contributed by atoms with Gasteiger partial charge in [-0.25, -0.2) is 0 Å². The van der Waals surface area contributed by atoms with E-state index in [-0.39, 0.29) is 12.0 Å². The molecule has 1 fully saturated rings. The third-order valence-corrected chi connectivity index (χ3v) is 6.16. The highest BCUT2D eigenvalue weighted by Gasteiger charge is 2.34. The second kappa shape index (κ2) is 11.6. The van der Waals surface area contributed by atoms with Crippen LogP contribution in [0.5, 0.6) is 0 Å². The van der Waals surface area contributed by atoms with Crippen LogP contribution in [0.15, 0.2) is 34.9 Å². The monoisotopic (exact) mass is 474 g/mol. The fourth-order valence-electron chi connectivity index (χ4n) is 4.35. The molecule has 1 unspecified atom stereocenters. The molecule has 0 radical (unpaired) electrons. The van der Waals surface area contributed by atoms with Gasteiger partial charge in [0.15, 0.2) is 0 Å². The molecular weight excluding hydrogens is 440 g/mol. The predicted molar refractivity (Wildman–Crippen MR) is 127 cm³/mol. The normalized spacial score (nSPS) is 18.5. The van der Waals surface area contributed by atoms with Gasteiger partial charge in [-0.15, -0.1) is 0 Å². The molecule has 0 amide bonds. The molecule has 1 aromatic heterocycles. The Morgan fingerprint density at radius 1 is 1.07 bits per heavy atom. The van der Waals surface area contributed by atoms with Crippen LogP contribution in [0.2, 0.25) is 0 Å². The Hall–Kier alpha value is -1.72. The van der Waals surface area contributed by atoms with Crippen molar-refractivity contribution in [1.29, 1.82) is 0 Å². The summed E-state index contributed by atoms with van der Waals surface area (Å²) < 4.78 is 1.02. The Morgan fingerprint density at radius 2 is 1.70 bits per heavy atom. The maximum atomic E-state index is 11.3. The van der Waals surface area contributed by atoms with E-state index in [1.807, 2.05) is 33.9 Å². The molecular formula is C25H35BrN2O2. The molecule has 1 aliphatic carbocycles. The number of aromatic nitrogens is 1. The van der Waals surface area contributed by atoms with Crippen LogP contribution < -0.4 is 0 Å². The standard InChI is InChI=1S/C21H23BrN2O2.2C2H6/c1-13-2-5-18-15(10-13)3-4-16-11-17(22)12-23-19(16)20(18)24-8-6-14(7-9-24)21(25)26;2*1-2/h2,5,10-12,14,20H,3-4,6-9H2,1H3,(H,25,26);2*1-2H3. The van der Waals surface area contributed by atoms with Crippen molar-refractivity contribution in [1.82, 2.24) is 9.88 Å². The number of pyridine rings is 1. The van der Waals surface area contributed by atoms with E-state index in [1.54, 1.807) is 0 Å². The summed E-state index contributed by atoms with van der Waals surface area (Å²) in [5.41, 5.74) is 6.43. The minimum absolute atomic E-state index is 0.117. The number of aryl methyl sites for hydroxylation is 3. The molecule has 1 atom stereocenters. The molecule has 2 heterocycles. The number of hydrogen-bond acceptors (Lipinski definition) is 3. The third-order valence-electron chi connectivity index (χ3n) is 5.73. The van der Waals surface area contributed by atoms with Gasteiger partial charge in [0, 0.05) is 10.7 Å². The number of carbonyl (C=O) groups is 1. The molecule has 1 N–H and O–H groups in total. The zero-order chi connectivity index (χ0) is 22.3. The summed E-state index contributed by atoms with van der Waals surface area (Å²) in [5.74, 6) is -0.879. The van der Waals surface area contributed by atoms with Crippen molar-refractivity contribution in [2.75, 3.05) is 13.1 Å². The average molecular weight is 475 g/mol. The summed E-state index contributed by atoms with van der Waals surface area (Å²) >= 11 is 3.56. The zero-order valence-corrected chi connectivity index (χ0v) is 20.5. The van der Waals surface area contributed by atoms with Gasteiger partial charge in [-0.1, -0.05) is 51.5 Å². The highest BCUT2D eigenvalue weighted by Crippen LogP contribution is 2.38. The van der Waals surface area contributed by atoms with E-state index in [1.165, 1.54) is 22.3 Å². The van der Waals surface area contributed by atoms with Crippen molar-refractivity contribution in [3.05, 3.63) is 62.9 Å². The summed E-state index contributed by atoms with van der Waals surface area (Å²) in [5, 5.41) is 9.32. The Balaban J connectivity index is 0.000000757. The van der Waals surface area contributed by atoms with Gasteiger partial charge >= 0.3 is 5.97 Å². The number of rotatable bonds is 2. The van der Waals surface area contributed by atoms with E-state index < -0.39 is 5.97 Å². The number of carboxylic acid groups (broad SMARTS) is 1. The van der Waals surface area contributed by atoms with Crippen LogP contribution in [0.3, 0.4) is 0 Å². The maximum Gasteiger partial charge on any atom is 0.306 e. The predicted octanol–water partition coefficient (Wildman–Crippen LogP) is 6.19. The largest absolute Gasteiger partial charge is 0.481 e. The molecule has 30 heavy (non-hydrogen) atoms. The van der Waals surface area contributed by atoms with Crippen LogP contribution in [0.25, 0.3) is 0 Å². The van der Waals surface area contributed by atoms with E-state index in [0.29, 0.717) is 12.8 Å². The first-order valence-electron chi connectivity index (χ1n) is 11.2. The van der Waals surface area contributed by atoms with Crippen LogP contribution in [-0.4, -0.2) is 34.0 Å². The van der Waals surface area contributed by atoms with E-state index in [9.17, 15) is 9.90 Å². The summed E-state index contributed by atoms with van der Waals surface area (Å²) in [6.07, 6.45) is 5.30. The van der Waals surface area contributed by atoms with E-state index in [4.69, 9.17) is 4.98 Å². The molecule has 2 aliphatic rings. The number of carboxylic acids is 1. The fourth-order valence-corrected chi connectivity index (χ4v) is 4.73. The number of fused-ring (bicyclic) bond motifs is 2. The van der Waals surface area contributed by atoms with Gasteiger partial charge in [0.25, 0.3) is 0 Å². The lowest BCUT2D eigenvalue weighted by Crippen LogP contribution is -2.39. The summed E-state index contributed by atoms with van der Waals surface area (Å²) in [6, 6.07) is 9.04. The lowest BCUT2D eigenvalue weighted by molar-refractivity contribution is -0.143. The van der Waals surface area contributed by atoms with Crippen molar-refractivity contribution in [2.45, 2.75) is 66.3 Å². The van der Waals surface area contributed by atoms with Gasteiger partial charge in [0.1, 0.15) is 0 Å². The molecule has 5 heteroatoms. The highest BCUT2D eigenvalue weighted by molar-refractivity contribution is 9.10. The molecule has 0 spiro atoms. The van der Waals surface area contributed by atoms with Gasteiger partial charge in [0.05, 0.1) is 17.7 Å². The van der Waals surface area contributed by atoms with Gasteiger partial charge in [-0.3, -0.25) is 14.7 Å². The van der Waals surface area contributed by atoms with Gasteiger partial charge in [0.2, 0.25) is 0 Å². The molecule has 1 aromatic carbocycles. The lowest BCUT2D eigenvalue weighted by atomic mass is 9.91. The van der Waals surface area contributed by atoms with Gasteiger partial charge < -0.3 is 5.11 Å². The molecule has 164 valence electrons. The van der Waals surface area contributed by atoms with Crippen molar-refractivity contribution in [3.8, 4) is 0 Å². The maximum absolute atomic E-state index is 11.3. The van der Waals surface area contributed by atoms with Crippen LogP contribution in [0, 0.1) is 12.8 Å². The molecule has 0 saturated carbocycles. The fraction of sp³-hybridized carbons (Fsp3) is 0.520. The smallest absolute Gasteiger partial charge is 0.306 e. The van der Waals surface area contributed by atoms with Crippen LogP contribution in [-0.2, 0) is 17.6 Å². The summed E-state index contributed by atoms with van der Waals surface area (Å²) in [7, 11) is 0. The molecule has 4 nitrogen and oxygen atoms in total. The van der Waals surface area contributed by atoms with Crippen molar-refractivity contribution >= 4 is 21.9 Å². The molecule has 1 aliphatic heterocycles. The minimum atomic E-state index is -0.663. The van der Waals surface area contributed by atoms with E-state index in [0.717, 1.165) is 36.1 Å². The van der Waals surface area contributed by atoms with E-state index in [2.05, 4.69) is 52.0 Å². The number of halogens is 1. The topological polar surface area (TPSA) is 53.4 Å². The average Bonchev–Trinajstić information content (AvgIpc) is 2.93. The molecule has 0 bridgehead atoms. The number of aliphatic carboxylic acids is 1. The zero-order valence-electron chi connectivity index (χ0n) is 18.9. The number of benzene rings is 1. The van der Waals surface area contributed by atoms with Crippen LogP contribution >= 0.6 is 15.9 Å². The van der Waals surface area contributed by atoms with Gasteiger partial charge in [-0.2, -0.15) is 0 Å². The van der Waals surface area contributed by atoms with Crippen LogP contribution in [0.4, 0.5) is 0 Å². The second-order valence-electron chi connectivity index (χ2n) is 7.45. The second-order valence-corrected chi connectivity index (χ2v) is 8.37. The van der Waals surface area contributed by atoms with Crippen molar-refractivity contribution in [2.24, 2.45) is 5.92 Å². The summed E-state index contributed by atoms with van der Waals surface area (Å²) in [6.45, 7) is 11.7. The van der Waals surface area contributed by atoms with E-state index >= 15 is 0 Å². The number of hydrogen-bond donors (Lipinski definition) is 1. The van der Waals surface area contributed by atoms with Gasteiger partial charge in [-0.05, 0) is 84.4 Å². The lowest BCUT2D eigenvalue weighted by Gasteiger charge is -2.37. The number of nitrogens with zero attached hydrogens (tertiary/aromatic N) is 2. The molecule has 4 rings (SSSR count). The minimum Gasteiger partial charge on any atom is -0.481 e. The first kappa shape index (κ1) is 24.5.